The summed E-state index contributed by atoms with van der Waals surface area (Å²) in [5.41, 5.74) is 4.22. The summed E-state index contributed by atoms with van der Waals surface area (Å²) in [5, 5.41) is 6.48. The first kappa shape index (κ1) is 15.8. The zero-order valence-electron chi connectivity index (χ0n) is 10.6. The maximum atomic E-state index is 12.1. The van der Waals surface area contributed by atoms with E-state index in [0.29, 0.717) is 15.2 Å². The fourth-order valence-electron chi connectivity index (χ4n) is 1.37. The molecule has 0 aliphatic carbocycles. The van der Waals surface area contributed by atoms with Crippen LogP contribution in [0.2, 0.25) is 0 Å². The van der Waals surface area contributed by atoms with E-state index in [2.05, 4.69) is 36.2 Å². The number of nitrogens with one attached hydrogen (secondary N) is 1. The third-order valence-electron chi connectivity index (χ3n) is 2.19. The first-order valence-electron chi connectivity index (χ1n) is 5.60. The Hall–Kier alpha value is -1.61. The molecule has 0 spiro atoms. The van der Waals surface area contributed by atoms with Crippen LogP contribution in [-0.2, 0) is 0 Å². The molecule has 1 heterocycles. The molecule has 0 fully saturated rings. The number of hydrogen-bond donors (Lipinski definition) is 1. The zero-order valence-corrected chi connectivity index (χ0v) is 13.0. The minimum absolute atomic E-state index is 0.296. The van der Waals surface area contributed by atoms with Crippen LogP contribution in [0.5, 0.6) is 5.75 Å². The highest BCUT2D eigenvalue weighted by atomic mass is 79.9. The summed E-state index contributed by atoms with van der Waals surface area (Å²) in [6.07, 6.45) is -3.24. The van der Waals surface area contributed by atoms with Crippen molar-refractivity contribution in [3.8, 4) is 5.75 Å². The summed E-state index contributed by atoms with van der Waals surface area (Å²) < 4.78 is 40.5. The Bertz CT molecular complexity index is 657. The molecule has 0 amide bonds. The molecule has 1 aromatic carbocycles. The van der Waals surface area contributed by atoms with E-state index in [4.69, 9.17) is 0 Å². The normalized spacial score (nSPS) is 11.9. The van der Waals surface area contributed by atoms with Gasteiger partial charge < -0.3 is 4.74 Å². The van der Waals surface area contributed by atoms with Crippen LogP contribution in [-0.4, -0.2) is 17.6 Å². The summed E-state index contributed by atoms with van der Waals surface area (Å²) in [5.74, 6) is -0.296. The Balaban J connectivity index is 2.03. The smallest absolute Gasteiger partial charge is 0.406 e. The van der Waals surface area contributed by atoms with E-state index in [1.807, 2.05) is 12.3 Å². The molecule has 21 heavy (non-hydrogen) atoms. The summed E-state index contributed by atoms with van der Waals surface area (Å²) in [6.45, 7) is 1.86. The summed E-state index contributed by atoms with van der Waals surface area (Å²) in [7, 11) is 0. The van der Waals surface area contributed by atoms with E-state index in [0.717, 1.165) is 5.69 Å². The van der Waals surface area contributed by atoms with Crippen LogP contribution >= 0.6 is 27.3 Å². The Morgan fingerprint density at radius 2 is 2.19 bits per heavy atom. The van der Waals surface area contributed by atoms with Gasteiger partial charge in [0.1, 0.15) is 5.75 Å². The number of nitrogens with zero attached hydrogens (tertiary/aromatic N) is 2. The molecular formula is C12H9BrF3N3OS. The molecule has 0 aliphatic heterocycles. The first-order chi connectivity index (χ1) is 9.83. The number of benzene rings is 1. The maximum absolute atomic E-state index is 12.1. The van der Waals surface area contributed by atoms with Crippen LogP contribution in [0.25, 0.3) is 0 Å². The van der Waals surface area contributed by atoms with Crippen LogP contribution in [0.1, 0.15) is 11.3 Å². The van der Waals surface area contributed by atoms with Crippen LogP contribution in [0, 0.1) is 6.92 Å². The van der Waals surface area contributed by atoms with Gasteiger partial charge in [0.2, 0.25) is 5.13 Å². The van der Waals surface area contributed by atoms with Crippen molar-refractivity contribution < 1.29 is 17.9 Å². The Labute approximate surface area is 130 Å². The summed E-state index contributed by atoms with van der Waals surface area (Å²) in [4.78, 5) is 4.16. The standard InChI is InChI=1S/C12H9BrF3N3OS/c1-7-6-21-11(18-7)19-17-5-8-2-3-9(4-10(8)13)20-12(14,15)16/h2-6H,1H3,(H,18,19). The number of anilines is 1. The highest BCUT2D eigenvalue weighted by Crippen LogP contribution is 2.27. The lowest BCUT2D eigenvalue weighted by Gasteiger charge is -2.09. The van der Waals surface area contributed by atoms with E-state index in [-0.39, 0.29) is 5.75 Å². The monoisotopic (exact) mass is 379 g/mol. The minimum Gasteiger partial charge on any atom is -0.406 e. The lowest BCUT2D eigenvalue weighted by atomic mass is 10.2. The van der Waals surface area contributed by atoms with Gasteiger partial charge in [-0.1, -0.05) is 0 Å². The van der Waals surface area contributed by atoms with Crippen LogP contribution in [0.3, 0.4) is 0 Å². The van der Waals surface area contributed by atoms with Gasteiger partial charge in [0.05, 0.1) is 11.9 Å². The zero-order chi connectivity index (χ0) is 15.5. The average molecular weight is 380 g/mol. The van der Waals surface area contributed by atoms with Crippen molar-refractivity contribution in [1.29, 1.82) is 0 Å². The number of rotatable bonds is 4. The molecule has 4 nitrogen and oxygen atoms in total. The predicted octanol–water partition coefficient (Wildman–Crippen LogP) is 4.56. The van der Waals surface area contributed by atoms with Crippen molar-refractivity contribution in [2.45, 2.75) is 13.3 Å². The molecule has 0 radical (unpaired) electrons. The molecule has 2 aromatic rings. The molecule has 0 saturated heterocycles. The molecule has 0 bridgehead atoms. The largest absolute Gasteiger partial charge is 0.573 e. The third kappa shape index (κ3) is 5.01. The maximum Gasteiger partial charge on any atom is 0.573 e. The molecule has 9 heteroatoms. The quantitative estimate of drug-likeness (QED) is 0.625. The molecule has 0 saturated carbocycles. The van der Waals surface area contributed by atoms with Gasteiger partial charge in [0, 0.05) is 15.4 Å². The summed E-state index contributed by atoms with van der Waals surface area (Å²) in [6, 6.07) is 3.90. The van der Waals surface area contributed by atoms with Crippen LogP contribution in [0.4, 0.5) is 18.3 Å². The van der Waals surface area contributed by atoms with E-state index in [1.165, 1.54) is 35.8 Å². The molecule has 0 unspecified atom stereocenters. The second-order valence-electron chi connectivity index (χ2n) is 3.90. The van der Waals surface area contributed by atoms with Crippen LogP contribution < -0.4 is 10.2 Å². The van der Waals surface area contributed by atoms with Gasteiger partial charge in [-0.3, -0.25) is 5.43 Å². The highest BCUT2D eigenvalue weighted by Gasteiger charge is 2.31. The molecule has 112 valence electrons. The number of halogens is 4. The molecular weight excluding hydrogens is 371 g/mol. The van der Waals surface area contributed by atoms with Crippen molar-refractivity contribution in [2.24, 2.45) is 5.10 Å². The van der Waals surface area contributed by atoms with Gasteiger partial charge in [-0.15, -0.1) is 24.5 Å². The number of aryl methyl sites for hydroxylation is 1. The minimum atomic E-state index is -4.71. The van der Waals surface area contributed by atoms with Gasteiger partial charge in [-0.05, 0) is 41.1 Å². The Morgan fingerprint density at radius 1 is 1.43 bits per heavy atom. The van der Waals surface area contributed by atoms with Crippen molar-refractivity contribution in [3.05, 3.63) is 39.3 Å². The van der Waals surface area contributed by atoms with E-state index in [1.54, 1.807) is 0 Å². The molecule has 0 aliphatic rings. The predicted molar refractivity (Wildman–Crippen MR) is 78.9 cm³/mol. The number of ether oxygens (including phenoxy) is 1. The van der Waals surface area contributed by atoms with E-state index < -0.39 is 6.36 Å². The fourth-order valence-corrected chi connectivity index (χ4v) is 2.47. The number of hydrogen-bond acceptors (Lipinski definition) is 5. The average Bonchev–Trinajstić information content (AvgIpc) is 2.76. The second-order valence-corrected chi connectivity index (χ2v) is 5.61. The topological polar surface area (TPSA) is 46.5 Å². The van der Waals surface area contributed by atoms with E-state index in [9.17, 15) is 13.2 Å². The Morgan fingerprint density at radius 3 is 2.76 bits per heavy atom. The number of hydrazone groups is 1. The van der Waals surface area contributed by atoms with Crippen molar-refractivity contribution in [1.82, 2.24) is 4.98 Å². The first-order valence-corrected chi connectivity index (χ1v) is 7.27. The second kappa shape index (κ2) is 6.44. The van der Waals surface area contributed by atoms with Crippen molar-refractivity contribution in [2.75, 3.05) is 5.43 Å². The van der Waals surface area contributed by atoms with Gasteiger partial charge >= 0.3 is 6.36 Å². The van der Waals surface area contributed by atoms with Crippen LogP contribution in [0.15, 0.2) is 33.2 Å². The van der Waals surface area contributed by atoms with Gasteiger partial charge in [0.25, 0.3) is 0 Å². The SMILES string of the molecule is Cc1csc(NN=Cc2ccc(OC(F)(F)F)cc2Br)n1. The lowest BCUT2D eigenvalue weighted by molar-refractivity contribution is -0.274. The highest BCUT2D eigenvalue weighted by molar-refractivity contribution is 9.10. The number of aromatic nitrogens is 1. The molecule has 1 aromatic heterocycles. The fraction of sp³-hybridized carbons (Fsp3) is 0.167. The third-order valence-corrected chi connectivity index (χ3v) is 3.74. The van der Waals surface area contributed by atoms with Gasteiger partial charge in [-0.25, -0.2) is 4.98 Å². The van der Waals surface area contributed by atoms with Gasteiger partial charge in [-0.2, -0.15) is 5.10 Å². The van der Waals surface area contributed by atoms with Crippen molar-refractivity contribution in [3.63, 3.8) is 0 Å². The number of alkyl halides is 3. The molecule has 2 rings (SSSR count). The molecule has 1 N–H and O–H groups in total. The summed E-state index contributed by atoms with van der Waals surface area (Å²) >= 11 is 4.57. The van der Waals surface area contributed by atoms with Crippen molar-refractivity contribution >= 4 is 38.6 Å². The number of thiazole rings is 1. The molecule has 0 atom stereocenters. The Kier molecular flexibility index (Phi) is 4.84. The van der Waals surface area contributed by atoms with E-state index >= 15 is 0 Å². The lowest BCUT2D eigenvalue weighted by Crippen LogP contribution is -2.17. The van der Waals surface area contributed by atoms with Gasteiger partial charge in [0.15, 0.2) is 0 Å².